The summed E-state index contributed by atoms with van der Waals surface area (Å²) in [4.78, 5) is 17.0. The number of rotatable bonds is 7. The number of nitrogens with one attached hydrogen (secondary N) is 1. The maximum absolute atomic E-state index is 12.7. The standard InChI is InChI=1S/C20H20F2N4O5S/c1-20(10-32(29,30)11-20)24-18(28)12-7-15-16(5-6-27)25-26(17(15)23-9-12)13-3-2-4-14(8-13)31-19(21)22/h2-4,7-9,19,27H,5-6,10-11H2,1H3,(H,24,28). The van der Waals surface area contributed by atoms with E-state index in [2.05, 4.69) is 20.1 Å². The quantitative estimate of drug-likeness (QED) is 0.541. The van der Waals surface area contributed by atoms with Crippen molar-refractivity contribution < 1.29 is 31.8 Å². The number of carbonyl (C=O) groups excluding carboxylic acids is 1. The monoisotopic (exact) mass is 466 g/mol. The van der Waals surface area contributed by atoms with E-state index in [0.29, 0.717) is 22.4 Å². The maximum atomic E-state index is 12.7. The van der Waals surface area contributed by atoms with Crippen molar-refractivity contribution in [1.82, 2.24) is 20.1 Å². The minimum Gasteiger partial charge on any atom is -0.435 e. The van der Waals surface area contributed by atoms with Crippen molar-refractivity contribution in [2.24, 2.45) is 0 Å². The summed E-state index contributed by atoms with van der Waals surface area (Å²) in [5.41, 5.74) is 0.596. The zero-order valence-electron chi connectivity index (χ0n) is 17.0. The lowest BCUT2D eigenvalue weighted by Gasteiger charge is -2.38. The van der Waals surface area contributed by atoms with Crippen LogP contribution in [0.25, 0.3) is 16.7 Å². The molecule has 1 aromatic carbocycles. The lowest BCUT2D eigenvalue weighted by atomic mass is 10.1. The van der Waals surface area contributed by atoms with Crippen LogP contribution in [0.3, 0.4) is 0 Å². The van der Waals surface area contributed by atoms with Crippen molar-refractivity contribution in [2.45, 2.75) is 25.5 Å². The van der Waals surface area contributed by atoms with E-state index in [1.54, 1.807) is 19.1 Å². The van der Waals surface area contributed by atoms with Crippen LogP contribution >= 0.6 is 0 Å². The number of carbonyl (C=O) groups is 1. The van der Waals surface area contributed by atoms with Gasteiger partial charge in [-0.05, 0) is 25.1 Å². The topological polar surface area (TPSA) is 123 Å². The number of aliphatic hydroxyl groups is 1. The Hall–Kier alpha value is -3.12. The van der Waals surface area contributed by atoms with E-state index in [1.807, 2.05) is 0 Å². The molecule has 3 heterocycles. The van der Waals surface area contributed by atoms with Gasteiger partial charge in [0, 0.05) is 30.7 Å². The first-order valence-corrected chi connectivity index (χ1v) is 11.5. The van der Waals surface area contributed by atoms with Crippen LogP contribution in [0.15, 0.2) is 36.5 Å². The molecule has 2 aromatic heterocycles. The predicted octanol–water partition coefficient (Wildman–Crippen LogP) is 1.47. The normalized spacial score (nSPS) is 16.7. The number of sulfone groups is 1. The van der Waals surface area contributed by atoms with Gasteiger partial charge in [0.2, 0.25) is 0 Å². The third kappa shape index (κ3) is 4.41. The van der Waals surface area contributed by atoms with E-state index in [4.69, 9.17) is 0 Å². The van der Waals surface area contributed by atoms with Gasteiger partial charge in [0.05, 0.1) is 34.0 Å². The number of ether oxygens (including phenoxy) is 1. The number of pyridine rings is 1. The first-order valence-electron chi connectivity index (χ1n) is 9.66. The van der Waals surface area contributed by atoms with Crippen LogP contribution in [0.5, 0.6) is 5.75 Å². The second kappa shape index (κ2) is 8.10. The van der Waals surface area contributed by atoms with Crippen molar-refractivity contribution in [2.75, 3.05) is 18.1 Å². The molecule has 2 N–H and O–H groups in total. The van der Waals surface area contributed by atoms with Gasteiger partial charge in [-0.2, -0.15) is 13.9 Å². The lowest BCUT2D eigenvalue weighted by molar-refractivity contribution is -0.0498. The second-order valence-corrected chi connectivity index (χ2v) is 9.91. The molecule has 12 heteroatoms. The molecule has 0 saturated carbocycles. The van der Waals surface area contributed by atoms with Crippen LogP contribution in [0.2, 0.25) is 0 Å². The molecule has 1 fully saturated rings. The molecule has 0 aliphatic carbocycles. The van der Waals surface area contributed by atoms with Gasteiger partial charge in [-0.15, -0.1) is 0 Å². The molecule has 170 valence electrons. The highest BCUT2D eigenvalue weighted by Crippen LogP contribution is 2.26. The smallest absolute Gasteiger partial charge is 0.387 e. The number of fused-ring (bicyclic) bond motifs is 1. The summed E-state index contributed by atoms with van der Waals surface area (Å²) < 4.78 is 54.0. The Labute approximate surface area is 181 Å². The number of amides is 1. The molecule has 0 bridgehead atoms. The Kier molecular flexibility index (Phi) is 5.59. The van der Waals surface area contributed by atoms with E-state index >= 15 is 0 Å². The maximum Gasteiger partial charge on any atom is 0.387 e. The fraction of sp³-hybridized carbons (Fsp3) is 0.350. The molecule has 0 radical (unpaired) electrons. The van der Waals surface area contributed by atoms with Crippen molar-refractivity contribution in [3.63, 3.8) is 0 Å². The Morgan fingerprint density at radius 3 is 2.75 bits per heavy atom. The van der Waals surface area contributed by atoms with Crippen LogP contribution in [-0.2, 0) is 16.3 Å². The van der Waals surface area contributed by atoms with Gasteiger partial charge in [0.15, 0.2) is 15.5 Å². The summed E-state index contributed by atoms with van der Waals surface area (Å²) in [5.74, 6) is -0.797. The Morgan fingerprint density at radius 1 is 1.34 bits per heavy atom. The SMILES string of the molecule is CC1(NC(=O)c2cnc3c(c2)c(CCO)nn3-c2cccc(OC(F)F)c2)CS(=O)(=O)C1. The van der Waals surface area contributed by atoms with Gasteiger partial charge in [-0.3, -0.25) is 4.79 Å². The summed E-state index contributed by atoms with van der Waals surface area (Å²) in [5, 5.41) is 17.1. The van der Waals surface area contributed by atoms with E-state index in [0.717, 1.165) is 0 Å². The minimum absolute atomic E-state index is 0.0513. The molecule has 1 aliphatic rings. The number of aromatic nitrogens is 3. The van der Waals surface area contributed by atoms with Crippen LogP contribution in [0.4, 0.5) is 8.78 Å². The number of benzene rings is 1. The summed E-state index contributed by atoms with van der Waals surface area (Å²) in [7, 11) is -3.13. The Bertz CT molecular complexity index is 1280. The van der Waals surface area contributed by atoms with Gasteiger partial charge in [0.1, 0.15) is 5.75 Å². The minimum atomic E-state index is -3.13. The molecule has 1 saturated heterocycles. The highest BCUT2D eigenvalue weighted by molar-refractivity contribution is 7.93. The molecule has 0 atom stereocenters. The van der Waals surface area contributed by atoms with Gasteiger partial charge in [-0.1, -0.05) is 6.07 Å². The summed E-state index contributed by atoms with van der Waals surface area (Å²) in [6, 6.07) is 7.48. The Morgan fingerprint density at radius 2 is 2.09 bits per heavy atom. The largest absolute Gasteiger partial charge is 0.435 e. The highest BCUT2D eigenvalue weighted by atomic mass is 32.2. The summed E-state index contributed by atoms with van der Waals surface area (Å²) in [6.45, 7) is -1.52. The van der Waals surface area contributed by atoms with E-state index in [9.17, 15) is 27.1 Å². The van der Waals surface area contributed by atoms with Crippen LogP contribution in [-0.4, -0.2) is 64.5 Å². The molecular weight excluding hydrogens is 446 g/mol. The molecule has 3 aromatic rings. The number of hydrogen-bond donors (Lipinski definition) is 2. The van der Waals surface area contributed by atoms with Crippen LogP contribution < -0.4 is 10.1 Å². The molecular formula is C20H20F2N4O5S. The van der Waals surface area contributed by atoms with Gasteiger partial charge in [0.25, 0.3) is 5.91 Å². The van der Waals surface area contributed by atoms with Gasteiger partial charge >= 0.3 is 6.61 Å². The number of aliphatic hydroxyl groups excluding tert-OH is 1. The first kappa shape index (κ1) is 22.1. The average Bonchev–Trinajstić information content (AvgIpc) is 3.04. The van der Waals surface area contributed by atoms with E-state index in [1.165, 1.54) is 29.1 Å². The van der Waals surface area contributed by atoms with Crippen molar-refractivity contribution in [1.29, 1.82) is 0 Å². The predicted molar refractivity (Wildman–Crippen MR) is 111 cm³/mol. The van der Waals surface area contributed by atoms with Gasteiger partial charge < -0.3 is 15.2 Å². The highest BCUT2D eigenvalue weighted by Gasteiger charge is 2.45. The summed E-state index contributed by atoms with van der Waals surface area (Å²) in [6.07, 6.45) is 1.51. The molecule has 32 heavy (non-hydrogen) atoms. The van der Waals surface area contributed by atoms with E-state index in [-0.39, 0.29) is 35.8 Å². The third-order valence-electron chi connectivity index (χ3n) is 4.99. The molecule has 0 unspecified atom stereocenters. The fourth-order valence-corrected chi connectivity index (χ4v) is 5.79. The molecule has 1 aliphatic heterocycles. The molecule has 9 nitrogen and oxygen atoms in total. The second-order valence-electron chi connectivity index (χ2n) is 7.85. The van der Waals surface area contributed by atoms with Crippen LogP contribution in [0.1, 0.15) is 23.0 Å². The lowest BCUT2D eigenvalue weighted by Crippen LogP contribution is -2.63. The third-order valence-corrected chi connectivity index (χ3v) is 7.14. The van der Waals surface area contributed by atoms with Gasteiger partial charge in [-0.25, -0.2) is 18.1 Å². The zero-order chi connectivity index (χ0) is 23.1. The number of nitrogens with zero attached hydrogens (tertiary/aromatic N) is 3. The average molecular weight is 466 g/mol. The molecule has 1 amide bonds. The number of halogens is 2. The van der Waals surface area contributed by atoms with Crippen molar-refractivity contribution in [3.8, 4) is 11.4 Å². The Balaban J connectivity index is 1.69. The molecule has 0 spiro atoms. The zero-order valence-corrected chi connectivity index (χ0v) is 17.8. The first-order chi connectivity index (χ1) is 15.1. The number of alkyl halides is 2. The number of hydrogen-bond acceptors (Lipinski definition) is 7. The van der Waals surface area contributed by atoms with Crippen LogP contribution in [0, 0.1) is 0 Å². The molecule has 4 rings (SSSR count). The van der Waals surface area contributed by atoms with Crippen molar-refractivity contribution in [3.05, 3.63) is 47.8 Å². The summed E-state index contributed by atoms with van der Waals surface area (Å²) >= 11 is 0. The fourth-order valence-electron chi connectivity index (χ4n) is 3.79. The van der Waals surface area contributed by atoms with Crippen molar-refractivity contribution >= 4 is 26.8 Å². The van der Waals surface area contributed by atoms with E-state index < -0.39 is 27.9 Å².